The molecule has 0 saturated carbocycles. The van der Waals surface area contributed by atoms with Crippen LogP contribution in [0.25, 0.3) is 10.2 Å². The quantitative estimate of drug-likeness (QED) is 0.749. The zero-order chi connectivity index (χ0) is 17.0. The number of amides is 1. The molecule has 0 saturated heterocycles. The van der Waals surface area contributed by atoms with Gasteiger partial charge in [0, 0.05) is 38.5 Å². The molecular formula is C17H18N4O2S. The third kappa shape index (κ3) is 3.78. The molecule has 7 heteroatoms. The molecule has 24 heavy (non-hydrogen) atoms. The Bertz CT molecular complexity index is 816. The van der Waals surface area contributed by atoms with E-state index >= 15 is 0 Å². The number of hydrogen-bond acceptors (Lipinski definition) is 6. The van der Waals surface area contributed by atoms with Crippen molar-refractivity contribution < 1.29 is 9.53 Å². The third-order valence-electron chi connectivity index (χ3n) is 3.83. The number of carbonyl (C=O) groups is 1. The fourth-order valence-corrected chi connectivity index (χ4v) is 3.42. The molecule has 0 unspecified atom stereocenters. The van der Waals surface area contributed by atoms with E-state index in [0.29, 0.717) is 31.6 Å². The number of carbonyl (C=O) groups excluding carboxylic acids is 1. The summed E-state index contributed by atoms with van der Waals surface area (Å²) in [6.45, 7) is 1.000. The predicted octanol–water partition coefficient (Wildman–Crippen LogP) is 3.14. The van der Waals surface area contributed by atoms with Gasteiger partial charge in [0.05, 0.1) is 16.8 Å². The topological polar surface area (TPSA) is 75.9 Å². The summed E-state index contributed by atoms with van der Waals surface area (Å²) in [6.07, 6.45) is 7.34. The molecule has 0 spiro atoms. The molecular weight excluding hydrogens is 324 g/mol. The van der Waals surface area contributed by atoms with Gasteiger partial charge in [0.15, 0.2) is 5.66 Å². The van der Waals surface area contributed by atoms with Crippen LogP contribution < -0.4 is 5.32 Å². The van der Waals surface area contributed by atoms with Crippen LogP contribution in [0.4, 0.5) is 0 Å². The van der Waals surface area contributed by atoms with Gasteiger partial charge in [-0.1, -0.05) is 0 Å². The first-order valence-corrected chi connectivity index (χ1v) is 8.51. The SMILES string of the molecule is C#CCCC1(CCNC(=O)c2ccc3nc(COC)sc3c2)N=N1. The predicted molar refractivity (Wildman–Crippen MR) is 92.9 cm³/mol. The standard InChI is InChI=1S/C17H18N4O2S/c1-3-4-7-17(20-21-17)8-9-18-16(22)12-5-6-13-14(10-12)24-15(19-13)11-23-2/h1,5-6,10H,4,7-9,11H2,2H3,(H,18,22). The van der Waals surface area contributed by atoms with E-state index in [-0.39, 0.29) is 11.6 Å². The first kappa shape index (κ1) is 16.6. The second-order valence-electron chi connectivity index (χ2n) is 5.62. The maximum atomic E-state index is 12.3. The van der Waals surface area contributed by atoms with Gasteiger partial charge in [-0.3, -0.25) is 4.79 Å². The highest BCUT2D eigenvalue weighted by molar-refractivity contribution is 7.18. The van der Waals surface area contributed by atoms with Crippen LogP contribution in [-0.4, -0.2) is 30.2 Å². The number of hydrogen-bond donors (Lipinski definition) is 1. The van der Waals surface area contributed by atoms with E-state index < -0.39 is 0 Å². The summed E-state index contributed by atoms with van der Waals surface area (Å²) in [5, 5.41) is 11.9. The van der Waals surface area contributed by atoms with Gasteiger partial charge in [-0.25, -0.2) is 4.98 Å². The Balaban J connectivity index is 1.57. The second-order valence-corrected chi connectivity index (χ2v) is 6.73. The van der Waals surface area contributed by atoms with Gasteiger partial charge in [0.2, 0.25) is 0 Å². The molecule has 0 aliphatic carbocycles. The van der Waals surface area contributed by atoms with Crippen LogP contribution in [0, 0.1) is 12.3 Å². The van der Waals surface area contributed by atoms with E-state index in [4.69, 9.17) is 11.2 Å². The Kier molecular flexibility index (Phi) is 4.88. The number of benzene rings is 1. The fraction of sp³-hybridized carbons (Fsp3) is 0.412. The van der Waals surface area contributed by atoms with Crippen LogP contribution in [0.1, 0.15) is 34.6 Å². The van der Waals surface area contributed by atoms with Crippen molar-refractivity contribution in [3.63, 3.8) is 0 Å². The van der Waals surface area contributed by atoms with Crippen LogP contribution in [0.2, 0.25) is 0 Å². The number of ether oxygens (including phenoxy) is 1. The Labute approximate surface area is 144 Å². The molecule has 2 heterocycles. The first-order valence-electron chi connectivity index (χ1n) is 7.70. The summed E-state index contributed by atoms with van der Waals surface area (Å²) < 4.78 is 6.07. The smallest absolute Gasteiger partial charge is 0.251 e. The van der Waals surface area contributed by atoms with Crippen molar-refractivity contribution in [2.45, 2.75) is 31.5 Å². The number of methoxy groups -OCH3 is 1. The van der Waals surface area contributed by atoms with Crippen LogP contribution in [-0.2, 0) is 11.3 Å². The number of rotatable bonds is 8. The van der Waals surface area contributed by atoms with Crippen molar-refractivity contribution in [1.82, 2.24) is 10.3 Å². The summed E-state index contributed by atoms with van der Waals surface area (Å²) in [6, 6.07) is 5.51. The second kappa shape index (κ2) is 7.07. The summed E-state index contributed by atoms with van der Waals surface area (Å²) in [5.74, 6) is 2.49. The number of nitrogens with one attached hydrogen (secondary N) is 1. The van der Waals surface area contributed by atoms with E-state index in [1.165, 1.54) is 11.3 Å². The maximum Gasteiger partial charge on any atom is 0.251 e. The third-order valence-corrected chi connectivity index (χ3v) is 4.82. The van der Waals surface area contributed by atoms with Crippen LogP contribution >= 0.6 is 11.3 Å². The van der Waals surface area contributed by atoms with E-state index in [0.717, 1.165) is 21.6 Å². The molecule has 1 N–H and O–H groups in total. The largest absolute Gasteiger partial charge is 0.378 e. The number of terminal acetylenes is 1. The Morgan fingerprint density at radius 2 is 2.25 bits per heavy atom. The molecule has 0 radical (unpaired) electrons. The van der Waals surface area contributed by atoms with Crippen LogP contribution in [0.15, 0.2) is 28.4 Å². The van der Waals surface area contributed by atoms with Crippen LogP contribution in [0.5, 0.6) is 0 Å². The van der Waals surface area contributed by atoms with Gasteiger partial charge in [-0.2, -0.15) is 10.2 Å². The highest BCUT2D eigenvalue weighted by Crippen LogP contribution is 2.36. The lowest BCUT2D eigenvalue weighted by molar-refractivity contribution is 0.0952. The number of nitrogens with zero attached hydrogens (tertiary/aromatic N) is 3. The monoisotopic (exact) mass is 342 g/mol. The van der Waals surface area contributed by atoms with Gasteiger partial charge in [-0.05, 0) is 18.2 Å². The van der Waals surface area contributed by atoms with E-state index in [9.17, 15) is 4.79 Å². The lowest BCUT2D eigenvalue weighted by Crippen LogP contribution is -2.28. The van der Waals surface area contributed by atoms with Crippen molar-refractivity contribution in [2.75, 3.05) is 13.7 Å². The van der Waals surface area contributed by atoms with Crippen molar-refractivity contribution in [3.05, 3.63) is 28.8 Å². The van der Waals surface area contributed by atoms with E-state index in [1.54, 1.807) is 13.2 Å². The normalized spacial score (nSPS) is 14.5. The Hall–Kier alpha value is -2.30. The number of thiazole rings is 1. The molecule has 1 aromatic heterocycles. The summed E-state index contributed by atoms with van der Waals surface area (Å²) >= 11 is 1.54. The molecule has 124 valence electrons. The minimum Gasteiger partial charge on any atom is -0.378 e. The molecule has 1 amide bonds. The summed E-state index contributed by atoms with van der Waals surface area (Å²) in [4.78, 5) is 16.8. The number of fused-ring (bicyclic) bond motifs is 1. The Morgan fingerprint density at radius 1 is 1.42 bits per heavy atom. The average Bonchev–Trinajstić information content (AvgIpc) is 3.23. The molecule has 6 nitrogen and oxygen atoms in total. The lowest BCUT2D eigenvalue weighted by Gasteiger charge is -2.09. The minimum atomic E-state index is -0.365. The lowest BCUT2D eigenvalue weighted by atomic mass is 10.0. The van der Waals surface area contributed by atoms with E-state index in [2.05, 4.69) is 26.4 Å². The highest BCUT2D eigenvalue weighted by Gasteiger charge is 2.38. The van der Waals surface area contributed by atoms with Gasteiger partial charge in [0.1, 0.15) is 5.01 Å². The van der Waals surface area contributed by atoms with E-state index in [1.807, 2.05) is 12.1 Å². The zero-order valence-electron chi connectivity index (χ0n) is 13.4. The molecule has 0 bridgehead atoms. The average molecular weight is 342 g/mol. The zero-order valence-corrected chi connectivity index (χ0v) is 14.2. The molecule has 1 aliphatic rings. The molecule has 0 atom stereocenters. The van der Waals surface area contributed by atoms with Gasteiger partial charge in [-0.15, -0.1) is 23.7 Å². The first-order chi connectivity index (χ1) is 11.7. The van der Waals surface area contributed by atoms with Crippen molar-refractivity contribution >= 4 is 27.5 Å². The Morgan fingerprint density at radius 3 is 2.96 bits per heavy atom. The van der Waals surface area contributed by atoms with Crippen molar-refractivity contribution in [3.8, 4) is 12.3 Å². The maximum absolute atomic E-state index is 12.3. The molecule has 2 aromatic rings. The molecule has 3 rings (SSSR count). The van der Waals surface area contributed by atoms with Crippen molar-refractivity contribution in [1.29, 1.82) is 0 Å². The molecule has 1 aromatic carbocycles. The molecule has 1 aliphatic heterocycles. The van der Waals surface area contributed by atoms with Crippen molar-refractivity contribution in [2.24, 2.45) is 10.2 Å². The number of aromatic nitrogens is 1. The highest BCUT2D eigenvalue weighted by atomic mass is 32.1. The van der Waals surface area contributed by atoms with Crippen LogP contribution in [0.3, 0.4) is 0 Å². The molecule has 0 fully saturated rings. The van der Waals surface area contributed by atoms with Gasteiger partial charge in [0.25, 0.3) is 5.91 Å². The summed E-state index contributed by atoms with van der Waals surface area (Å²) in [5.41, 5.74) is 1.14. The van der Waals surface area contributed by atoms with Gasteiger partial charge >= 0.3 is 0 Å². The fourth-order valence-electron chi connectivity index (χ4n) is 2.45. The minimum absolute atomic E-state index is 0.105. The van der Waals surface area contributed by atoms with Gasteiger partial charge < -0.3 is 10.1 Å². The summed E-state index contributed by atoms with van der Waals surface area (Å²) in [7, 11) is 1.64.